The summed E-state index contributed by atoms with van der Waals surface area (Å²) in [5.41, 5.74) is 1.12. The number of nitrogens with one attached hydrogen (secondary N) is 1. The van der Waals surface area contributed by atoms with Crippen molar-refractivity contribution in [2.75, 3.05) is 6.61 Å². The highest BCUT2D eigenvalue weighted by molar-refractivity contribution is 5.26. The summed E-state index contributed by atoms with van der Waals surface area (Å²) in [7, 11) is 2.00. The van der Waals surface area contributed by atoms with Crippen LogP contribution >= 0.6 is 0 Å². The number of nitrogens with zero attached hydrogens (tertiary/aromatic N) is 2. The van der Waals surface area contributed by atoms with Gasteiger partial charge in [-0.1, -0.05) is 18.2 Å². The highest BCUT2D eigenvalue weighted by Crippen LogP contribution is 2.28. The molecule has 3 aromatic rings. The molecule has 0 aliphatic carbocycles. The van der Waals surface area contributed by atoms with Gasteiger partial charge in [0.25, 0.3) is 5.95 Å². The molecule has 1 N–H and O–H groups in total. The van der Waals surface area contributed by atoms with Crippen molar-refractivity contribution in [1.82, 2.24) is 14.9 Å². The quantitative estimate of drug-likeness (QED) is 0.730. The van der Waals surface area contributed by atoms with Crippen LogP contribution in [-0.4, -0.2) is 22.2 Å². The van der Waals surface area contributed by atoms with E-state index in [1.165, 1.54) is 0 Å². The van der Waals surface area contributed by atoms with Crippen LogP contribution in [0.2, 0.25) is 0 Å². The zero-order chi connectivity index (χ0) is 17.8. The lowest BCUT2D eigenvalue weighted by Gasteiger charge is -2.30. The average molecular weight is 353 g/mol. The molecule has 2 atom stereocenters. The number of aryl methyl sites for hydroxylation is 1. The summed E-state index contributed by atoms with van der Waals surface area (Å²) >= 11 is 0. The number of hydrogen-bond donors (Lipinski definition) is 1. The Morgan fingerprint density at radius 2 is 2.12 bits per heavy atom. The Hall–Kier alpha value is -2.57. The minimum absolute atomic E-state index is 0.0855. The van der Waals surface area contributed by atoms with Crippen LogP contribution in [0.25, 0.3) is 0 Å². The zero-order valence-corrected chi connectivity index (χ0v) is 14.8. The molecule has 4 rings (SSSR count). The van der Waals surface area contributed by atoms with Crippen molar-refractivity contribution in [3.8, 4) is 11.7 Å². The Kier molecular flexibility index (Phi) is 5.04. The van der Waals surface area contributed by atoms with Gasteiger partial charge >= 0.3 is 0 Å². The third kappa shape index (κ3) is 3.98. The molecule has 6 nitrogen and oxygen atoms in total. The van der Waals surface area contributed by atoms with E-state index < -0.39 is 0 Å². The normalized spacial score (nSPS) is 20.2. The van der Waals surface area contributed by atoms with Crippen molar-refractivity contribution in [3.05, 3.63) is 66.4 Å². The van der Waals surface area contributed by atoms with Crippen LogP contribution in [0.3, 0.4) is 0 Å². The highest BCUT2D eigenvalue weighted by Gasteiger charge is 2.25. The maximum absolute atomic E-state index is 5.91. The van der Waals surface area contributed by atoms with Crippen molar-refractivity contribution < 1.29 is 13.9 Å². The topological polar surface area (TPSA) is 61.5 Å². The van der Waals surface area contributed by atoms with Gasteiger partial charge in [0.1, 0.15) is 17.6 Å². The molecule has 1 fully saturated rings. The fourth-order valence-electron chi connectivity index (χ4n) is 3.22. The molecule has 136 valence electrons. The van der Waals surface area contributed by atoms with Gasteiger partial charge in [0.2, 0.25) is 0 Å². The fraction of sp³-hybridized carbons (Fsp3) is 0.350. The van der Waals surface area contributed by atoms with E-state index in [-0.39, 0.29) is 6.10 Å². The summed E-state index contributed by atoms with van der Waals surface area (Å²) in [4.78, 5) is 4.19. The van der Waals surface area contributed by atoms with E-state index in [9.17, 15) is 0 Å². The van der Waals surface area contributed by atoms with E-state index in [0.717, 1.165) is 36.7 Å². The number of para-hydroxylation sites is 1. The van der Waals surface area contributed by atoms with Crippen LogP contribution in [0.1, 0.15) is 30.4 Å². The minimum atomic E-state index is 0.0855. The maximum atomic E-state index is 5.91. The molecule has 6 heteroatoms. The number of benzene rings is 1. The third-order valence-electron chi connectivity index (χ3n) is 4.63. The minimum Gasteiger partial charge on any atom is -0.429 e. The second-order valence-electron chi connectivity index (χ2n) is 6.53. The highest BCUT2D eigenvalue weighted by atomic mass is 16.6. The lowest BCUT2D eigenvalue weighted by atomic mass is 10.0. The molecule has 2 aromatic heterocycles. The Bertz CT molecular complexity index is 828. The summed E-state index contributed by atoms with van der Waals surface area (Å²) in [6, 6.07) is 13.8. The van der Waals surface area contributed by atoms with Crippen LogP contribution < -0.4 is 10.1 Å². The first-order chi connectivity index (χ1) is 12.8. The Labute approximate surface area is 152 Å². The molecule has 0 spiro atoms. The zero-order valence-electron chi connectivity index (χ0n) is 14.8. The molecule has 0 saturated carbocycles. The van der Waals surface area contributed by atoms with Gasteiger partial charge in [0.15, 0.2) is 0 Å². The largest absolute Gasteiger partial charge is 0.429 e. The van der Waals surface area contributed by atoms with Gasteiger partial charge in [-0.2, -0.15) is 0 Å². The molecule has 0 amide bonds. The molecule has 1 saturated heterocycles. The van der Waals surface area contributed by atoms with Gasteiger partial charge < -0.3 is 23.8 Å². The van der Waals surface area contributed by atoms with Crippen molar-refractivity contribution in [1.29, 1.82) is 0 Å². The molecule has 0 bridgehead atoms. The van der Waals surface area contributed by atoms with Crippen LogP contribution in [-0.2, 0) is 18.3 Å². The van der Waals surface area contributed by atoms with Crippen LogP contribution in [0.15, 0.2) is 59.4 Å². The summed E-state index contributed by atoms with van der Waals surface area (Å²) in [6.45, 7) is 1.41. The van der Waals surface area contributed by atoms with Gasteiger partial charge in [-0.3, -0.25) is 0 Å². The summed E-state index contributed by atoms with van der Waals surface area (Å²) in [6.07, 6.45) is 5.69. The molecule has 26 heavy (non-hydrogen) atoms. The van der Waals surface area contributed by atoms with E-state index in [1.54, 1.807) is 0 Å². The first kappa shape index (κ1) is 16.9. The van der Waals surface area contributed by atoms with Crippen molar-refractivity contribution in [2.45, 2.75) is 31.5 Å². The average Bonchev–Trinajstić information content (AvgIpc) is 3.30. The van der Waals surface area contributed by atoms with Crippen molar-refractivity contribution >= 4 is 0 Å². The molecular formula is C20H23N3O3. The van der Waals surface area contributed by atoms with E-state index in [1.807, 2.05) is 66.6 Å². The number of imidazole rings is 1. The van der Waals surface area contributed by atoms with Crippen molar-refractivity contribution in [3.63, 3.8) is 0 Å². The number of hydrogen-bond acceptors (Lipinski definition) is 5. The van der Waals surface area contributed by atoms with Gasteiger partial charge in [-0.15, -0.1) is 0 Å². The number of furan rings is 1. The summed E-state index contributed by atoms with van der Waals surface area (Å²) in [5.74, 6) is 2.14. The Balaban J connectivity index is 1.31. The van der Waals surface area contributed by atoms with Gasteiger partial charge in [-0.05, 0) is 31.0 Å². The molecule has 1 aromatic carbocycles. The first-order valence-electron chi connectivity index (χ1n) is 8.91. The van der Waals surface area contributed by atoms with Crippen LogP contribution in [0, 0.1) is 0 Å². The second-order valence-corrected chi connectivity index (χ2v) is 6.53. The first-order valence-corrected chi connectivity index (χ1v) is 8.91. The summed E-state index contributed by atoms with van der Waals surface area (Å²) < 4.78 is 19.4. The number of ether oxygens (including phenoxy) is 2. The van der Waals surface area contributed by atoms with E-state index in [2.05, 4.69) is 10.3 Å². The van der Waals surface area contributed by atoms with E-state index >= 15 is 0 Å². The molecular weight excluding hydrogens is 330 g/mol. The van der Waals surface area contributed by atoms with E-state index in [0.29, 0.717) is 18.5 Å². The lowest BCUT2D eigenvalue weighted by molar-refractivity contribution is -0.00432. The summed E-state index contributed by atoms with van der Waals surface area (Å²) in [5, 5.41) is 3.57. The Morgan fingerprint density at radius 3 is 2.92 bits per heavy atom. The second kappa shape index (κ2) is 7.76. The standard InChI is InChI=1S/C20H23N3O3/c1-23-14-21-13-18(23)19-11-15(9-10-24-19)22-12-17-7-8-20(26-17)25-16-5-3-2-4-6-16/h2-8,13-15,19,22H,9-12H2,1H3. The Morgan fingerprint density at radius 1 is 1.23 bits per heavy atom. The molecule has 1 aliphatic rings. The van der Waals surface area contributed by atoms with Gasteiger partial charge in [-0.25, -0.2) is 4.98 Å². The van der Waals surface area contributed by atoms with Crippen LogP contribution in [0.4, 0.5) is 0 Å². The van der Waals surface area contributed by atoms with Gasteiger partial charge in [0, 0.05) is 25.8 Å². The van der Waals surface area contributed by atoms with Gasteiger partial charge in [0.05, 0.1) is 24.8 Å². The third-order valence-corrected chi connectivity index (χ3v) is 4.63. The fourth-order valence-corrected chi connectivity index (χ4v) is 3.22. The molecule has 3 heterocycles. The smallest absolute Gasteiger partial charge is 0.290 e. The molecule has 0 radical (unpaired) electrons. The maximum Gasteiger partial charge on any atom is 0.290 e. The molecule has 2 unspecified atom stereocenters. The van der Waals surface area contributed by atoms with E-state index in [4.69, 9.17) is 13.9 Å². The lowest BCUT2D eigenvalue weighted by Crippen LogP contribution is -2.36. The molecule has 1 aliphatic heterocycles. The predicted octanol–water partition coefficient (Wildman–Crippen LogP) is 3.82. The van der Waals surface area contributed by atoms with Crippen molar-refractivity contribution in [2.24, 2.45) is 7.05 Å². The number of rotatable bonds is 6. The van der Waals surface area contributed by atoms with Crippen LogP contribution in [0.5, 0.6) is 11.7 Å². The predicted molar refractivity (Wildman–Crippen MR) is 97.0 cm³/mol. The number of aromatic nitrogens is 2. The SMILES string of the molecule is Cn1cncc1C1CC(NCc2ccc(Oc3ccccc3)o2)CCO1. The monoisotopic (exact) mass is 353 g/mol.